The second-order valence-corrected chi connectivity index (χ2v) is 7.63. The molecule has 134 valence electrons. The Labute approximate surface area is 150 Å². The molecule has 2 aromatic heterocycles. The zero-order valence-electron chi connectivity index (χ0n) is 13.7. The molecule has 1 aliphatic rings. The van der Waals surface area contributed by atoms with Gasteiger partial charge in [-0.05, 0) is 43.2 Å². The molecular formula is C16H17N7O2S. The first-order valence-electron chi connectivity index (χ1n) is 8.03. The molecule has 1 fully saturated rings. The van der Waals surface area contributed by atoms with Gasteiger partial charge in [0, 0.05) is 29.6 Å². The van der Waals surface area contributed by atoms with Crippen LogP contribution in [0.1, 0.15) is 24.5 Å². The molecule has 5 N–H and O–H groups in total. The van der Waals surface area contributed by atoms with Crippen LogP contribution in [-0.2, 0) is 10.0 Å². The van der Waals surface area contributed by atoms with E-state index in [9.17, 15) is 8.42 Å². The van der Waals surface area contributed by atoms with Crippen molar-refractivity contribution in [1.29, 1.82) is 0 Å². The molecule has 9 nitrogen and oxygen atoms in total. The van der Waals surface area contributed by atoms with Crippen LogP contribution in [-0.4, -0.2) is 28.6 Å². The van der Waals surface area contributed by atoms with Crippen molar-refractivity contribution >= 4 is 33.3 Å². The largest absolute Gasteiger partial charge is 0.324 e. The quantitative estimate of drug-likeness (QED) is 0.521. The molecule has 3 aromatic rings. The van der Waals surface area contributed by atoms with Gasteiger partial charge in [0.1, 0.15) is 5.82 Å². The minimum atomic E-state index is -3.71. The number of aromatic amines is 1. The number of rotatable bonds is 6. The standard InChI is InChI=1S/C16H17N7O2S/c17-26(24,25)12-5-3-11(4-6-12)19-16-18-8-7-14(21-16)20-15-9-13(22-23-15)10-1-2-10/h3-10H,1-2H2,(H2,17,24,25)(H3,18,19,20,21,22,23). The Morgan fingerprint density at radius 1 is 1.08 bits per heavy atom. The fourth-order valence-electron chi connectivity index (χ4n) is 2.48. The van der Waals surface area contributed by atoms with Crippen LogP contribution in [0.2, 0.25) is 0 Å². The van der Waals surface area contributed by atoms with Crippen molar-refractivity contribution < 1.29 is 8.42 Å². The average molecular weight is 371 g/mol. The smallest absolute Gasteiger partial charge is 0.238 e. The first-order valence-corrected chi connectivity index (χ1v) is 9.57. The van der Waals surface area contributed by atoms with E-state index < -0.39 is 10.0 Å². The molecule has 4 rings (SSSR count). The Balaban J connectivity index is 1.46. The molecule has 0 amide bonds. The Morgan fingerprint density at radius 2 is 1.85 bits per heavy atom. The van der Waals surface area contributed by atoms with E-state index in [4.69, 9.17) is 5.14 Å². The Morgan fingerprint density at radius 3 is 2.54 bits per heavy atom. The number of hydrogen-bond donors (Lipinski definition) is 4. The lowest BCUT2D eigenvalue weighted by atomic mass is 10.3. The molecule has 0 saturated heterocycles. The molecular weight excluding hydrogens is 354 g/mol. The molecule has 0 bridgehead atoms. The van der Waals surface area contributed by atoms with E-state index in [-0.39, 0.29) is 4.90 Å². The van der Waals surface area contributed by atoms with Crippen molar-refractivity contribution in [2.24, 2.45) is 5.14 Å². The summed E-state index contributed by atoms with van der Waals surface area (Å²) in [4.78, 5) is 8.58. The molecule has 0 spiro atoms. The lowest BCUT2D eigenvalue weighted by molar-refractivity contribution is 0.598. The van der Waals surface area contributed by atoms with Gasteiger partial charge in [0.05, 0.1) is 4.90 Å². The number of nitrogens with two attached hydrogens (primary N) is 1. The summed E-state index contributed by atoms with van der Waals surface area (Å²) in [5, 5.41) is 18.5. The Bertz CT molecular complexity index is 1030. The van der Waals surface area contributed by atoms with Crippen molar-refractivity contribution in [3.63, 3.8) is 0 Å². The summed E-state index contributed by atoms with van der Waals surface area (Å²) >= 11 is 0. The fraction of sp³-hybridized carbons (Fsp3) is 0.188. The summed E-state index contributed by atoms with van der Waals surface area (Å²) in [5.41, 5.74) is 1.78. The van der Waals surface area contributed by atoms with E-state index in [1.165, 1.54) is 25.0 Å². The number of nitrogens with one attached hydrogen (secondary N) is 3. The molecule has 2 heterocycles. The predicted octanol–water partition coefficient (Wildman–Crippen LogP) is 2.21. The molecule has 0 atom stereocenters. The van der Waals surface area contributed by atoms with Crippen LogP contribution in [0.4, 0.5) is 23.3 Å². The molecule has 0 unspecified atom stereocenters. The fourth-order valence-corrected chi connectivity index (χ4v) is 3.00. The zero-order chi connectivity index (χ0) is 18.1. The second kappa shape index (κ2) is 6.39. The molecule has 1 aromatic carbocycles. The summed E-state index contributed by atoms with van der Waals surface area (Å²) in [6, 6.07) is 9.75. The van der Waals surface area contributed by atoms with Gasteiger partial charge in [0.15, 0.2) is 5.82 Å². The summed E-state index contributed by atoms with van der Waals surface area (Å²) in [5.74, 6) is 2.27. The third kappa shape index (κ3) is 3.81. The highest BCUT2D eigenvalue weighted by atomic mass is 32.2. The van der Waals surface area contributed by atoms with Gasteiger partial charge < -0.3 is 10.6 Å². The number of primary sulfonamides is 1. The highest BCUT2D eigenvalue weighted by molar-refractivity contribution is 7.89. The topological polar surface area (TPSA) is 139 Å². The van der Waals surface area contributed by atoms with E-state index >= 15 is 0 Å². The minimum Gasteiger partial charge on any atom is -0.324 e. The third-order valence-electron chi connectivity index (χ3n) is 3.97. The van der Waals surface area contributed by atoms with Crippen LogP contribution in [0, 0.1) is 0 Å². The van der Waals surface area contributed by atoms with Crippen molar-refractivity contribution in [3.05, 3.63) is 48.3 Å². The maximum Gasteiger partial charge on any atom is 0.238 e. The lowest BCUT2D eigenvalue weighted by Crippen LogP contribution is -2.11. The van der Waals surface area contributed by atoms with Crippen LogP contribution in [0.3, 0.4) is 0 Å². The number of anilines is 4. The van der Waals surface area contributed by atoms with Crippen LogP contribution in [0.15, 0.2) is 47.5 Å². The molecule has 0 aliphatic heterocycles. The van der Waals surface area contributed by atoms with Gasteiger partial charge in [-0.15, -0.1) is 0 Å². The average Bonchev–Trinajstić information content (AvgIpc) is 3.35. The van der Waals surface area contributed by atoms with Gasteiger partial charge in [-0.3, -0.25) is 5.10 Å². The maximum atomic E-state index is 11.3. The van der Waals surface area contributed by atoms with Gasteiger partial charge in [-0.1, -0.05) is 0 Å². The SMILES string of the molecule is NS(=O)(=O)c1ccc(Nc2nccc(Nc3cc(C4CC4)[nH]n3)n2)cc1. The first-order chi connectivity index (χ1) is 12.5. The third-order valence-corrected chi connectivity index (χ3v) is 4.89. The second-order valence-electron chi connectivity index (χ2n) is 6.07. The minimum absolute atomic E-state index is 0.0457. The Hall–Kier alpha value is -2.98. The predicted molar refractivity (Wildman–Crippen MR) is 97.0 cm³/mol. The van der Waals surface area contributed by atoms with Crippen LogP contribution in [0.25, 0.3) is 0 Å². The van der Waals surface area contributed by atoms with Crippen LogP contribution in [0.5, 0.6) is 0 Å². The summed E-state index contributed by atoms with van der Waals surface area (Å²) in [6.45, 7) is 0. The number of aromatic nitrogens is 4. The van der Waals surface area contributed by atoms with E-state index in [1.54, 1.807) is 24.4 Å². The van der Waals surface area contributed by atoms with E-state index in [0.29, 0.717) is 29.2 Å². The number of sulfonamides is 1. The highest BCUT2D eigenvalue weighted by Gasteiger charge is 2.25. The van der Waals surface area contributed by atoms with E-state index in [1.807, 2.05) is 6.07 Å². The summed E-state index contributed by atoms with van der Waals surface area (Å²) in [7, 11) is -3.71. The number of nitrogens with zero attached hydrogens (tertiary/aromatic N) is 3. The summed E-state index contributed by atoms with van der Waals surface area (Å²) in [6.07, 6.45) is 4.02. The van der Waals surface area contributed by atoms with Crippen LogP contribution < -0.4 is 15.8 Å². The van der Waals surface area contributed by atoms with Gasteiger partial charge in [-0.25, -0.2) is 18.5 Å². The maximum absolute atomic E-state index is 11.3. The van der Waals surface area contributed by atoms with Crippen molar-refractivity contribution in [1.82, 2.24) is 20.2 Å². The monoisotopic (exact) mass is 371 g/mol. The number of hydrogen-bond acceptors (Lipinski definition) is 7. The van der Waals surface area contributed by atoms with E-state index in [2.05, 4.69) is 30.8 Å². The zero-order valence-corrected chi connectivity index (χ0v) is 14.5. The first kappa shape index (κ1) is 16.5. The van der Waals surface area contributed by atoms with Crippen molar-refractivity contribution in [2.75, 3.05) is 10.6 Å². The normalized spacial score (nSPS) is 14.2. The number of benzene rings is 1. The van der Waals surface area contributed by atoms with Crippen molar-refractivity contribution in [2.45, 2.75) is 23.7 Å². The van der Waals surface area contributed by atoms with Crippen LogP contribution >= 0.6 is 0 Å². The van der Waals surface area contributed by atoms with Gasteiger partial charge in [-0.2, -0.15) is 10.1 Å². The highest BCUT2D eigenvalue weighted by Crippen LogP contribution is 2.39. The lowest BCUT2D eigenvalue weighted by Gasteiger charge is -2.07. The van der Waals surface area contributed by atoms with Crippen molar-refractivity contribution in [3.8, 4) is 0 Å². The molecule has 26 heavy (non-hydrogen) atoms. The van der Waals surface area contributed by atoms with Gasteiger partial charge in [0.25, 0.3) is 0 Å². The number of H-pyrrole nitrogens is 1. The van der Waals surface area contributed by atoms with Gasteiger partial charge >= 0.3 is 0 Å². The molecule has 1 aliphatic carbocycles. The van der Waals surface area contributed by atoms with Gasteiger partial charge in [0.2, 0.25) is 16.0 Å². The Kier molecular flexibility index (Phi) is 4.05. The molecule has 10 heteroatoms. The molecule has 0 radical (unpaired) electrons. The summed E-state index contributed by atoms with van der Waals surface area (Å²) < 4.78 is 22.6. The molecule has 1 saturated carbocycles. The van der Waals surface area contributed by atoms with E-state index in [0.717, 1.165) is 5.69 Å².